The fourth-order valence-corrected chi connectivity index (χ4v) is 1.86. The van der Waals surface area contributed by atoms with Crippen molar-refractivity contribution in [3.05, 3.63) is 71.7 Å². The van der Waals surface area contributed by atoms with Crippen molar-refractivity contribution >= 4 is 24.2 Å². The summed E-state index contributed by atoms with van der Waals surface area (Å²) >= 11 is 0. The van der Waals surface area contributed by atoms with Gasteiger partial charge in [0.2, 0.25) is 0 Å². The number of hydrogen-bond acceptors (Lipinski definition) is 5. The van der Waals surface area contributed by atoms with Gasteiger partial charge in [-0.05, 0) is 36.4 Å². The lowest BCUT2D eigenvalue weighted by Crippen LogP contribution is -2.18. The van der Waals surface area contributed by atoms with Crippen LogP contribution in [-0.4, -0.2) is 34.2 Å². The monoisotopic (exact) mass is 338 g/mol. The minimum absolute atomic E-state index is 0.0397. The molecule has 3 rings (SSSR count). The summed E-state index contributed by atoms with van der Waals surface area (Å²) in [4.78, 5) is 29.6. The van der Waals surface area contributed by atoms with E-state index in [-0.39, 0.29) is 11.5 Å². The molecule has 9 heteroatoms. The molecule has 0 atom stereocenters. The van der Waals surface area contributed by atoms with E-state index in [1.165, 1.54) is 24.6 Å². The largest absolute Gasteiger partial charge is 0.446 e. The van der Waals surface area contributed by atoms with E-state index >= 15 is 0 Å². The second-order valence-corrected chi connectivity index (χ2v) is 4.81. The number of hydrogen-bond donors (Lipinski definition) is 4. The topological polar surface area (TPSA) is 128 Å². The summed E-state index contributed by atoms with van der Waals surface area (Å²) in [6.45, 7) is 0. The Labute approximate surface area is 141 Å². The van der Waals surface area contributed by atoms with Crippen molar-refractivity contribution in [3.8, 4) is 0 Å². The molecule has 0 bridgehead atoms. The maximum atomic E-state index is 11.9. The predicted molar refractivity (Wildman–Crippen MR) is 90.4 cm³/mol. The Morgan fingerprint density at radius 3 is 1.72 bits per heavy atom. The van der Waals surface area contributed by atoms with Crippen molar-refractivity contribution < 1.29 is 14.0 Å². The van der Waals surface area contributed by atoms with Gasteiger partial charge in [-0.1, -0.05) is 0 Å². The number of carbonyl (C=O) groups excluding carboxylic acids is 2. The molecule has 3 heterocycles. The van der Waals surface area contributed by atoms with Gasteiger partial charge in [0.05, 0.1) is 23.8 Å². The Hall–Kier alpha value is -3.88. The number of nitrogens with zero attached hydrogens (tertiary/aromatic N) is 2. The number of nitrogens with one attached hydrogen (secondary N) is 4. The van der Waals surface area contributed by atoms with E-state index in [1.807, 2.05) is 0 Å². The third kappa shape index (κ3) is 4.32. The first kappa shape index (κ1) is 16.0. The van der Waals surface area contributed by atoms with Crippen molar-refractivity contribution in [2.24, 2.45) is 10.2 Å². The SMILES string of the molecule is O=C(N/N=C\c1ccc[nH]1)c1ccc(C(=O)N/N=C\c2ccc[nH]2)o1. The minimum atomic E-state index is -0.572. The number of aromatic nitrogens is 2. The van der Waals surface area contributed by atoms with Crippen LogP contribution in [0.3, 0.4) is 0 Å². The fraction of sp³-hybridized carbons (Fsp3) is 0. The Bertz CT molecular complexity index is 818. The standard InChI is InChI=1S/C16H14N6O3/c23-15(21-19-9-11-3-1-7-17-11)13-5-6-14(25-13)16(24)22-20-10-12-4-2-8-18-12/h1-10,17-18H,(H,21,23)(H,22,24)/b19-9-,20-10-. The van der Waals surface area contributed by atoms with Gasteiger partial charge in [-0.3, -0.25) is 9.59 Å². The first-order valence-corrected chi connectivity index (χ1v) is 7.26. The number of amides is 2. The van der Waals surface area contributed by atoms with Crippen molar-refractivity contribution in [1.82, 2.24) is 20.8 Å². The van der Waals surface area contributed by atoms with Crippen LogP contribution in [0.2, 0.25) is 0 Å². The van der Waals surface area contributed by atoms with Gasteiger partial charge in [0.1, 0.15) is 0 Å². The number of carbonyl (C=O) groups is 2. The van der Waals surface area contributed by atoms with Crippen LogP contribution >= 0.6 is 0 Å². The van der Waals surface area contributed by atoms with Gasteiger partial charge in [-0.15, -0.1) is 0 Å². The molecule has 9 nitrogen and oxygen atoms in total. The van der Waals surface area contributed by atoms with Crippen LogP contribution in [0.15, 0.2) is 63.4 Å². The van der Waals surface area contributed by atoms with Crippen LogP contribution < -0.4 is 10.9 Å². The molecule has 3 aromatic heterocycles. The minimum Gasteiger partial charge on any atom is -0.446 e. The average molecular weight is 338 g/mol. The van der Waals surface area contributed by atoms with Gasteiger partial charge in [0, 0.05) is 12.4 Å². The maximum Gasteiger partial charge on any atom is 0.307 e. The zero-order valence-corrected chi connectivity index (χ0v) is 12.9. The first-order chi connectivity index (χ1) is 12.2. The summed E-state index contributed by atoms with van der Waals surface area (Å²) in [5, 5.41) is 7.56. The van der Waals surface area contributed by atoms with Crippen LogP contribution in [0.1, 0.15) is 32.5 Å². The third-order valence-electron chi connectivity index (χ3n) is 3.04. The molecule has 0 aliphatic carbocycles. The number of aromatic amines is 2. The molecule has 0 aromatic carbocycles. The molecule has 25 heavy (non-hydrogen) atoms. The maximum absolute atomic E-state index is 11.9. The second-order valence-electron chi connectivity index (χ2n) is 4.81. The van der Waals surface area contributed by atoms with Crippen molar-refractivity contribution in [2.45, 2.75) is 0 Å². The quantitative estimate of drug-likeness (QED) is 0.401. The van der Waals surface area contributed by atoms with Crippen LogP contribution in [0.4, 0.5) is 0 Å². The van der Waals surface area contributed by atoms with Gasteiger partial charge in [0.25, 0.3) is 0 Å². The second kappa shape index (κ2) is 7.59. The van der Waals surface area contributed by atoms with E-state index in [4.69, 9.17) is 4.42 Å². The van der Waals surface area contributed by atoms with Gasteiger partial charge >= 0.3 is 11.8 Å². The van der Waals surface area contributed by atoms with Crippen molar-refractivity contribution in [2.75, 3.05) is 0 Å². The van der Waals surface area contributed by atoms with Crippen LogP contribution in [0.25, 0.3) is 0 Å². The molecule has 0 saturated carbocycles. The lowest BCUT2D eigenvalue weighted by atomic mass is 10.4. The average Bonchev–Trinajstić information content (AvgIpc) is 3.36. The summed E-state index contributed by atoms with van der Waals surface area (Å²) in [7, 11) is 0. The van der Waals surface area contributed by atoms with E-state index < -0.39 is 11.8 Å². The van der Waals surface area contributed by atoms with E-state index in [0.29, 0.717) is 0 Å². The van der Waals surface area contributed by atoms with Gasteiger partial charge in [-0.25, -0.2) is 10.9 Å². The van der Waals surface area contributed by atoms with Crippen molar-refractivity contribution in [1.29, 1.82) is 0 Å². The lowest BCUT2D eigenvalue weighted by molar-refractivity contribution is 0.0902. The molecule has 4 N–H and O–H groups in total. The number of H-pyrrole nitrogens is 2. The molecule has 0 unspecified atom stereocenters. The van der Waals surface area contributed by atoms with E-state index in [0.717, 1.165) is 11.4 Å². The van der Waals surface area contributed by atoms with E-state index in [1.54, 1.807) is 36.7 Å². The number of hydrazone groups is 2. The Kier molecular flexibility index (Phi) is 4.86. The Balaban J connectivity index is 1.54. The predicted octanol–water partition coefficient (Wildman–Crippen LogP) is 1.46. The van der Waals surface area contributed by atoms with Crippen LogP contribution in [0, 0.1) is 0 Å². The molecule has 0 aliphatic heterocycles. The fourth-order valence-electron chi connectivity index (χ4n) is 1.86. The van der Waals surface area contributed by atoms with Gasteiger partial charge in [-0.2, -0.15) is 10.2 Å². The molecule has 0 aliphatic rings. The van der Waals surface area contributed by atoms with Crippen molar-refractivity contribution in [3.63, 3.8) is 0 Å². The summed E-state index contributed by atoms with van der Waals surface area (Å²) < 4.78 is 5.20. The number of rotatable bonds is 6. The highest BCUT2D eigenvalue weighted by molar-refractivity contribution is 5.96. The smallest absolute Gasteiger partial charge is 0.307 e. The van der Waals surface area contributed by atoms with Crippen LogP contribution in [0.5, 0.6) is 0 Å². The molecular formula is C16H14N6O3. The molecular weight excluding hydrogens is 324 g/mol. The molecule has 0 fully saturated rings. The number of furan rings is 1. The zero-order chi connectivity index (χ0) is 17.5. The summed E-state index contributed by atoms with van der Waals surface area (Å²) in [6, 6.07) is 9.95. The third-order valence-corrected chi connectivity index (χ3v) is 3.04. The first-order valence-electron chi connectivity index (χ1n) is 7.26. The Morgan fingerprint density at radius 1 is 0.840 bits per heavy atom. The highest BCUT2D eigenvalue weighted by Gasteiger charge is 2.15. The van der Waals surface area contributed by atoms with Gasteiger partial charge < -0.3 is 14.4 Å². The van der Waals surface area contributed by atoms with E-state index in [9.17, 15) is 9.59 Å². The normalized spacial score (nSPS) is 11.2. The highest BCUT2D eigenvalue weighted by atomic mass is 16.4. The summed E-state index contributed by atoms with van der Waals surface area (Å²) in [5.41, 5.74) is 6.08. The van der Waals surface area contributed by atoms with Gasteiger partial charge in [0.15, 0.2) is 11.5 Å². The lowest BCUT2D eigenvalue weighted by Gasteiger charge is -1.96. The summed E-state index contributed by atoms with van der Waals surface area (Å²) in [5.74, 6) is -1.22. The molecule has 0 radical (unpaired) electrons. The van der Waals surface area contributed by atoms with E-state index in [2.05, 4.69) is 31.0 Å². The summed E-state index contributed by atoms with van der Waals surface area (Å²) in [6.07, 6.45) is 6.37. The molecule has 2 amide bonds. The zero-order valence-electron chi connectivity index (χ0n) is 12.9. The highest BCUT2D eigenvalue weighted by Crippen LogP contribution is 2.07. The molecule has 126 valence electrons. The Morgan fingerprint density at radius 2 is 1.32 bits per heavy atom. The molecule has 3 aromatic rings. The van der Waals surface area contributed by atoms with Crippen LogP contribution in [-0.2, 0) is 0 Å². The molecule has 0 saturated heterocycles. The molecule has 0 spiro atoms.